The van der Waals surface area contributed by atoms with Gasteiger partial charge in [-0.15, -0.1) is 0 Å². The Morgan fingerprint density at radius 3 is 2.25 bits per heavy atom. The lowest BCUT2D eigenvalue weighted by Crippen LogP contribution is -2.41. The molecule has 0 saturated heterocycles. The Morgan fingerprint density at radius 2 is 1.62 bits per heavy atom. The minimum Gasteiger partial charge on any atom is -0.348 e. The number of carbonyl (C=O) groups excluding carboxylic acids is 1. The van der Waals surface area contributed by atoms with Gasteiger partial charge in [0.1, 0.15) is 0 Å². The molecule has 5 nitrogen and oxygen atoms in total. The van der Waals surface area contributed by atoms with Gasteiger partial charge in [0.2, 0.25) is 15.9 Å². The van der Waals surface area contributed by atoms with Crippen LogP contribution in [0, 0.1) is 0 Å². The number of carbonyl (C=O) groups is 1. The molecule has 32 heavy (non-hydrogen) atoms. The fraction of sp³-hybridized carbons (Fsp3) is 0.174. The molecule has 0 heterocycles. The Kier molecular flexibility index (Phi) is 8.36. The van der Waals surface area contributed by atoms with E-state index in [1.165, 1.54) is 24.3 Å². The van der Waals surface area contributed by atoms with Gasteiger partial charge >= 0.3 is 0 Å². The molecule has 1 N–H and O–H groups in total. The van der Waals surface area contributed by atoms with Gasteiger partial charge in [0.05, 0.1) is 17.5 Å². The fourth-order valence-corrected chi connectivity index (χ4v) is 5.04. The first kappa shape index (κ1) is 24.7. The molecule has 3 aromatic carbocycles. The number of benzene rings is 3. The number of sulfonamides is 1. The molecular weight excluding hydrogens is 535 g/mol. The quantitative estimate of drug-likeness (QED) is 0.380. The van der Waals surface area contributed by atoms with Crippen LogP contribution in [-0.4, -0.2) is 25.2 Å². The van der Waals surface area contributed by atoms with E-state index < -0.39 is 15.9 Å². The molecule has 168 valence electrons. The van der Waals surface area contributed by atoms with E-state index in [0.29, 0.717) is 15.6 Å². The minimum atomic E-state index is -3.98. The van der Waals surface area contributed by atoms with E-state index in [0.717, 1.165) is 14.3 Å². The third-order valence-electron chi connectivity index (χ3n) is 4.82. The minimum absolute atomic E-state index is 0.0442. The third-order valence-corrected chi connectivity index (χ3v) is 7.78. The van der Waals surface area contributed by atoms with Crippen LogP contribution in [0.5, 0.6) is 0 Å². The maximum atomic E-state index is 13.3. The summed E-state index contributed by atoms with van der Waals surface area (Å²) in [5, 5.41) is 3.71. The Morgan fingerprint density at radius 1 is 1.00 bits per heavy atom. The lowest BCUT2D eigenvalue weighted by atomic mass is 10.1. The molecule has 3 aromatic rings. The molecule has 0 bridgehead atoms. The van der Waals surface area contributed by atoms with E-state index >= 15 is 0 Å². The highest BCUT2D eigenvalue weighted by molar-refractivity contribution is 9.10. The molecule has 0 fully saturated rings. The maximum absolute atomic E-state index is 13.3. The Hall–Kier alpha value is -1.90. The predicted molar refractivity (Wildman–Crippen MR) is 131 cm³/mol. The van der Waals surface area contributed by atoms with Crippen LogP contribution in [0.3, 0.4) is 0 Å². The Labute approximate surface area is 206 Å². The van der Waals surface area contributed by atoms with E-state index in [9.17, 15) is 13.2 Å². The van der Waals surface area contributed by atoms with Crippen molar-refractivity contribution in [3.05, 3.63) is 98.4 Å². The Bertz CT molecular complexity index is 1190. The van der Waals surface area contributed by atoms with Gasteiger partial charge in [0, 0.05) is 21.1 Å². The molecule has 3 rings (SSSR count). The zero-order valence-electron chi connectivity index (χ0n) is 17.1. The number of amides is 1. The molecule has 1 unspecified atom stereocenters. The summed E-state index contributed by atoms with van der Waals surface area (Å²) in [6.45, 7) is 1.43. The number of hydrogen-bond acceptors (Lipinski definition) is 3. The highest BCUT2D eigenvalue weighted by atomic mass is 79.9. The van der Waals surface area contributed by atoms with Crippen molar-refractivity contribution < 1.29 is 13.2 Å². The molecule has 9 heteroatoms. The SMILES string of the molecule is CC(NC(=O)CN(Cc1ccccc1Cl)S(=O)(=O)c1ccc(Cl)cc1)c1ccc(Br)cc1. The van der Waals surface area contributed by atoms with Crippen molar-refractivity contribution in [2.24, 2.45) is 0 Å². The van der Waals surface area contributed by atoms with Gasteiger partial charge in [-0.05, 0) is 60.5 Å². The highest BCUT2D eigenvalue weighted by Gasteiger charge is 2.28. The van der Waals surface area contributed by atoms with Crippen LogP contribution >= 0.6 is 39.1 Å². The number of hydrogen-bond donors (Lipinski definition) is 1. The summed E-state index contributed by atoms with van der Waals surface area (Å²) in [7, 11) is -3.98. The van der Waals surface area contributed by atoms with Crippen molar-refractivity contribution in [3.63, 3.8) is 0 Å². The van der Waals surface area contributed by atoms with Crippen molar-refractivity contribution in [1.82, 2.24) is 9.62 Å². The monoisotopic (exact) mass is 554 g/mol. The van der Waals surface area contributed by atoms with E-state index in [2.05, 4.69) is 21.2 Å². The van der Waals surface area contributed by atoms with Crippen LogP contribution in [0.1, 0.15) is 24.1 Å². The van der Waals surface area contributed by atoms with Gasteiger partial charge in [0.25, 0.3) is 0 Å². The van der Waals surface area contributed by atoms with Crippen LogP contribution in [0.25, 0.3) is 0 Å². The molecular formula is C23H21BrCl2N2O3S. The zero-order valence-corrected chi connectivity index (χ0v) is 21.0. The zero-order chi connectivity index (χ0) is 23.3. The van der Waals surface area contributed by atoms with Crippen LogP contribution in [-0.2, 0) is 21.4 Å². The molecule has 0 saturated carbocycles. The number of nitrogens with zero attached hydrogens (tertiary/aromatic N) is 1. The van der Waals surface area contributed by atoms with Crippen LogP contribution in [0.2, 0.25) is 10.0 Å². The summed E-state index contributed by atoms with van der Waals surface area (Å²) < 4.78 is 28.7. The van der Waals surface area contributed by atoms with Crippen molar-refractivity contribution in [2.75, 3.05) is 6.54 Å². The van der Waals surface area contributed by atoms with Crippen LogP contribution in [0.4, 0.5) is 0 Å². The molecule has 1 atom stereocenters. The van der Waals surface area contributed by atoms with E-state index in [-0.39, 0.29) is 24.0 Å². The van der Waals surface area contributed by atoms with Crippen molar-refractivity contribution in [3.8, 4) is 0 Å². The molecule has 0 aliphatic rings. The summed E-state index contributed by atoms with van der Waals surface area (Å²) in [6.07, 6.45) is 0. The average molecular weight is 556 g/mol. The third kappa shape index (κ3) is 6.33. The molecule has 0 aliphatic heterocycles. The molecule has 0 aliphatic carbocycles. The highest BCUT2D eigenvalue weighted by Crippen LogP contribution is 2.24. The van der Waals surface area contributed by atoms with Crippen molar-refractivity contribution >= 4 is 55.1 Å². The van der Waals surface area contributed by atoms with E-state index in [1.54, 1.807) is 24.3 Å². The summed E-state index contributed by atoms with van der Waals surface area (Å²) >= 11 is 15.5. The standard InChI is InChI=1S/C23H21BrCl2N2O3S/c1-16(17-6-8-19(24)9-7-17)27-23(29)15-28(14-18-4-2-3-5-22(18)26)32(30,31)21-12-10-20(25)11-13-21/h2-13,16H,14-15H2,1H3,(H,27,29). The summed E-state index contributed by atoms with van der Waals surface area (Å²) in [5.74, 6) is -0.426. The fourth-order valence-electron chi connectivity index (χ4n) is 3.08. The smallest absolute Gasteiger partial charge is 0.243 e. The Balaban J connectivity index is 1.84. The normalized spacial score (nSPS) is 12.5. The molecule has 0 radical (unpaired) electrons. The summed E-state index contributed by atoms with van der Waals surface area (Å²) in [6, 6.07) is 20.0. The van der Waals surface area contributed by atoms with E-state index in [1.807, 2.05) is 31.2 Å². The first-order valence-corrected chi connectivity index (χ1v) is 12.7. The van der Waals surface area contributed by atoms with Crippen molar-refractivity contribution in [2.45, 2.75) is 24.4 Å². The van der Waals surface area contributed by atoms with Gasteiger partial charge < -0.3 is 5.32 Å². The van der Waals surface area contributed by atoms with Gasteiger partial charge in [0.15, 0.2) is 0 Å². The van der Waals surface area contributed by atoms with Crippen LogP contribution < -0.4 is 5.32 Å². The second-order valence-corrected chi connectivity index (χ2v) is 10.9. The van der Waals surface area contributed by atoms with Gasteiger partial charge in [-0.25, -0.2) is 8.42 Å². The summed E-state index contributed by atoms with van der Waals surface area (Å²) in [4.78, 5) is 12.9. The number of halogens is 3. The lowest BCUT2D eigenvalue weighted by Gasteiger charge is -2.24. The first-order valence-electron chi connectivity index (χ1n) is 9.71. The summed E-state index contributed by atoms with van der Waals surface area (Å²) in [5.41, 5.74) is 1.50. The molecule has 0 spiro atoms. The topological polar surface area (TPSA) is 66.5 Å². The second-order valence-electron chi connectivity index (χ2n) is 7.16. The predicted octanol–water partition coefficient (Wildman–Crippen LogP) is 5.82. The average Bonchev–Trinajstić information content (AvgIpc) is 2.75. The van der Waals surface area contributed by atoms with Crippen molar-refractivity contribution in [1.29, 1.82) is 0 Å². The maximum Gasteiger partial charge on any atom is 0.243 e. The molecule has 0 aromatic heterocycles. The largest absolute Gasteiger partial charge is 0.348 e. The van der Waals surface area contributed by atoms with Gasteiger partial charge in [-0.3, -0.25) is 4.79 Å². The van der Waals surface area contributed by atoms with Crippen LogP contribution in [0.15, 0.2) is 82.2 Å². The van der Waals surface area contributed by atoms with E-state index in [4.69, 9.17) is 23.2 Å². The number of rotatable bonds is 8. The first-order chi connectivity index (χ1) is 15.2. The molecule has 1 amide bonds. The second kappa shape index (κ2) is 10.8. The lowest BCUT2D eigenvalue weighted by molar-refractivity contribution is -0.122. The van der Waals surface area contributed by atoms with Gasteiger partial charge in [-0.1, -0.05) is 69.5 Å². The number of nitrogens with one attached hydrogen (secondary N) is 1. The van der Waals surface area contributed by atoms with Gasteiger partial charge in [-0.2, -0.15) is 4.31 Å².